The molecule has 0 saturated heterocycles. The maximum absolute atomic E-state index is 12.0. The van der Waals surface area contributed by atoms with Crippen LogP contribution in [0.1, 0.15) is 57.3 Å². The van der Waals surface area contributed by atoms with Crippen molar-refractivity contribution in [3.63, 3.8) is 0 Å². The van der Waals surface area contributed by atoms with Crippen LogP contribution < -0.4 is 10.6 Å². The van der Waals surface area contributed by atoms with E-state index in [4.69, 9.17) is 4.74 Å². The van der Waals surface area contributed by atoms with Gasteiger partial charge in [0, 0.05) is 24.6 Å². The first-order valence-corrected chi connectivity index (χ1v) is 9.48. The Morgan fingerprint density at radius 3 is 2.75 bits per heavy atom. The number of aromatic nitrogens is 3. The number of carbonyl (C=O) groups is 2. The molecule has 28 heavy (non-hydrogen) atoms. The number of nitrogens with zero attached hydrogens (tertiary/aromatic N) is 2. The molecule has 2 amide bonds. The molecule has 8 heteroatoms. The Hall–Kier alpha value is -2.90. The van der Waals surface area contributed by atoms with Crippen molar-refractivity contribution < 1.29 is 14.3 Å². The van der Waals surface area contributed by atoms with Crippen molar-refractivity contribution >= 4 is 17.8 Å². The first-order chi connectivity index (χ1) is 13.3. The monoisotopic (exact) mass is 385 g/mol. The van der Waals surface area contributed by atoms with Gasteiger partial charge in [-0.3, -0.25) is 14.9 Å². The maximum atomic E-state index is 12.0. The summed E-state index contributed by atoms with van der Waals surface area (Å²) in [6.07, 6.45) is 3.00. The number of H-pyrrole nitrogens is 1. The van der Waals surface area contributed by atoms with Gasteiger partial charge in [-0.15, -0.1) is 0 Å². The van der Waals surface area contributed by atoms with Crippen molar-refractivity contribution in [3.8, 4) is 0 Å². The van der Waals surface area contributed by atoms with Crippen molar-refractivity contribution in [2.24, 2.45) is 5.41 Å². The third-order valence-corrected chi connectivity index (χ3v) is 4.49. The smallest absolute Gasteiger partial charge is 0.407 e. The second kappa shape index (κ2) is 8.41. The summed E-state index contributed by atoms with van der Waals surface area (Å²) in [4.78, 5) is 28.0. The second-order valence-corrected chi connectivity index (χ2v) is 8.36. The molecule has 3 rings (SSSR count). The Balaban J connectivity index is 1.38. The van der Waals surface area contributed by atoms with Crippen LogP contribution >= 0.6 is 0 Å². The van der Waals surface area contributed by atoms with Crippen LogP contribution in [-0.4, -0.2) is 33.3 Å². The third-order valence-electron chi connectivity index (χ3n) is 4.49. The van der Waals surface area contributed by atoms with Gasteiger partial charge < -0.3 is 15.4 Å². The van der Waals surface area contributed by atoms with Gasteiger partial charge in [0.25, 0.3) is 0 Å². The van der Waals surface area contributed by atoms with E-state index < -0.39 is 6.09 Å². The van der Waals surface area contributed by atoms with E-state index in [2.05, 4.69) is 25.8 Å². The van der Waals surface area contributed by atoms with E-state index in [1.807, 2.05) is 45.0 Å². The van der Waals surface area contributed by atoms with Crippen LogP contribution in [-0.2, 0) is 16.1 Å². The molecule has 0 aromatic carbocycles. The zero-order chi connectivity index (χ0) is 20.1. The molecule has 1 aliphatic carbocycles. The van der Waals surface area contributed by atoms with E-state index in [0.29, 0.717) is 18.8 Å². The summed E-state index contributed by atoms with van der Waals surface area (Å²) in [7, 11) is 0. The minimum Gasteiger partial charge on any atom is -0.446 e. The number of ether oxygens (including phenoxy) is 1. The average Bonchev–Trinajstić information content (AvgIpc) is 3.02. The molecule has 0 unspecified atom stereocenters. The van der Waals surface area contributed by atoms with Crippen molar-refractivity contribution in [2.75, 3.05) is 5.32 Å². The number of nitrogens with one attached hydrogen (secondary N) is 3. The molecule has 1 saturated carbocycles. The highest BCUT2D eigenvalue weighted by Gasteiger charge is 2.35. The quantitative estimate of drug-likeness (QED) is 0.706. The molecule has 1 aliphatic rings. The lowest BCUT2D eigenvalue weighted by Crippen LogP contribution is -2.36. The topological polar surface area (TPSA) is 109 Å². The SMILES string of the molecule is CC(C)(C)CC(=O)Nc1cc(C2CC(OC(=O)NCc3ccccn3)C2)n[nH]1. The fourth-order valence-electron chi connectivity index (χ4n) is 3.05. The van der Waals surface area contributed by atoms with Gasteiger partial charge in [0.05, 0.1) is 17.9 Å². The summed E-state index contributed by atoms with van der Waals surface area (Å²) < 4.78 is 5.40. The Bertz CT molecular complexity index is 807. The molecular formula is C20H27N5O3. The molecule has 1 fully saturated rings. The van der Waals surface area contributed by atoms with Crippen LogP contribution in [0.2, 0.25) is 0 Å². The first-order valence-electron chi connectivity index (χ1n) is 9.48. The lowest BCUT2D eigenvalue weighted by atomic mass is 9.80. The highest BCUT2D eigenvalue weighted by molar-refractivity contribution is 5.90. The van der Waals surface area contributed by atoms with Gasteiger partial charge in [0.2, 0.25) is 5.91 Å². The molecule has 0 bridgehead atoms. The van der Waals surface area contributed by atoms with Gasteiger partial charge in [-0.25, -0.2) is 4.79 Å². The number of pyridine rings is 1. The summed E-state index contributed by atoms with van der Waals surface area (Å²) in [5, 5.41) is 12.7. The van der Waals surface area contributed by atoms with Crippen molar-refractivity contribution in [1.29, 1.82) is 0 Å². The normalized spacial score (nSPS) is 18.8. The number of alkyl carbamates (subject to hydrolysis) is 1. The molecular weight excluding hydrogens is 358 g/mol. The van der Waals surface area contributed by atoms with Crippen LogP contribution in [0.15, 0.2) is 30.5 Å². The lowest BCUT2D eigenvalue weighted by molar-refractivity contribution is -0.117. The van der Waals surface area contributed by atoms with Crippen molar-refractivity contribution in [2.45, 2.75) is 58.6 Å². The standard InChI is InChI=1S/C20H27N5O3/c1-20(2,3)11-18(26)23-17-10-16(24-25-17)13-8-15(9-13)28-19(27)22-12-14-6-4-5-7-21-14/h4-7,10,13,15H,8-9,11-12H2,1-3H3,(H,22,27)(H2,23,24,25,26). The number of amides is 2. The number of anilines is 1. The predicted octanol–water partition coefficient (Wildman–Crippen LogP) is 3.35. The van der Waals surface area contributed by atoms with E-state index in [-0.39, 0.29) is 23.3 Å². The number of aromatic amines is 1. The van der Waals surface area contributed by atoms with Gasteiger partial charge in [-0.2, -0.15) is 5.10 Å². The highest BCUT2D eigenvalue weighted by atomic mass is 16.6. The van der Waals surface area contributed by atoms with Crippen LogP contribution in [0.5, 0.6) is 0 Å². The van der Waals surface area contributed by atoms with Gasteiger partial charge in [0.15, 0.2) is 0 Å². The summed E-state index contributed by atoms with van der Waals surface area (Å²) >= 11 is 0. The minimum absolute atomic E-state index is 0.0397. The highest BCUT2D eigenvalue weighted by Crippen LogP contribution is 2.38. The zero-order valence-corrected chi connectivity index (χ0v) is 16.5. The molecule has 2 aromatic rings. The zero-order valence-electron chi connectivity index (χ0n) is 16.5. The fraction of sp³-hybridized carbons (Fsp3) is 0.500. The number of carbonyl (C=O) groups excluding carboxylic acids is 2. The number of rotatable bonds is 6. The van der Waals surface area contributed by atoms with Gasteiger partial charge in [0.1, 0.15) is 11.9 Å². The molecule has 0 spiro atoms. The van der Waals surface area contributed by atoms with Gasteiger partial charge in [-0.05, 0) is 30.4 Å². The van der Waals surface area contributed by atoms with E-state index in [0.717, 1.165) is 24.2 Å². The number of hydrogen-bond acceptors (Lipinski definition) is 5. The number of hydrogen-bond donors (Lipinski definition) is 3. The molecule has 0 radical (unpaired) electrons. The van der Waals surface area contributed by atoms with Crippen molar-refractivity contribution in [1.82, 2.24) is 20.5 Å². The minimum atomic E-state index is -0.439. The summed E-state index contributed by atoms with van der Waals surface area (Å²) in [5.41, 5.74) is 1.59. The molecule has 150 valence electrons. The van der Waals surface area contributed by atoms with E-state index in [1.54, 1.807) is 6.20 Å². The third kappa shape index (κ3) is 5.80. The first kappa shape index (κ1) is 19.9. The van der Waals surface area contributed by atoms with E-state index >= 15 is 0 Å². The summed E-state index contributed by atoms with van der Waals surface area (Å²) in [6.45, 7) is 6.40. The van der Waals surface area contributed by atoms with Crippen molar-refractivity contribution in [3.05, 3.63) is 41.9 Å². The summed E-state index contributed by atoms with van der Waals surface area (Å²) in [6, 6.07) is 7.39. The Labute approximate surface area is 164 Å². The Morgan fingerprint density at radius 1 is 1.29 bits per heavy atom. The predicted molar refractivity (Wildman–Crippen MR) is 105 cm³/mol. The Kier molecular flexibility index (Phi) is 5.96. The van der Waals surface area contributed by atoms with Crippen LogP contribution in [0, 0.1) is 5.41 Å². The van der Waals surface area contributed by atoms with Gasteiger partial charge in [-0.1, -0.05) is 26.8 Å². The van der Waals surface area contributed by atoms with Crippen LogP contribution in [0.25, 0.3) is 0 Å². The molecule has 0 atom stereocenters. The molecule has 3 N–H and O–H groups in total. The molecule has 2 aromatic heterocycles. The van der Waals surface area contributed by atoms with Crippen LogP contribution in [0.4, 0.5) is 10.6 Å². The fourth-order valence-corrected chi connectivity index (χ4v) is 3.05. The lowest BCUT2D eigenvalue weighted by Gasteiger charge is -2.33. The largest absolute Gasteiger partial charge is 0.446 e. The molecule has 2 heterocycles. The molecule has 0 aliphatic heterocycles. The summed E-state index contributed by atoms with van der Waals surface area (Å²) in [5.74, 6) is 0.780. The Morgan fingerprint density at radius 2 is 2.07 bits per heavy atom. The van der Waals surface area contributed by atoms with E-state index in [9.17, 15) is 9.59 Å². The maximum Gasteiger partial charge on any atom is 0.407 e. The second-order valence-electron chi connectivity index (χ2n) is 8.36. The van der Waals surface area contributed by atoms with E-state index in [1.165, 1.54) is 0 Å². The van der Waals surface area contributed by atoms with Crippen LogP contribution in [0.3, 0.4) is 0 Å². The average molecular weight is 385 g/mol. The molecule has 8 nitrogen and oxygen atoms in total. The van der Waals surface area contributed by atoms with Gasteiger partial charge >= 0.3 is 6.09 Å².